The number of aryl methyl sites for hydroxylation is 1. The highest BCUT2D eigenvalue weighted by Crippen LogP contribution is 2.31. The monoisotopic (exact) mass is 425 g/mol. The number of ether oxygens (including phenoxy) is 2. The van der Waals surface area contributed by atoms with Crippen molar-refractivity contribution in [2.75, 3.05) is 25.5 Å². The van der Waals surface area contributed by atoms with Crippen molar-refractivity contribution >= 4 is 17.7 Å². The minimum absolute atomic E-state index is 0.0242. The van der Waals surface area contributed by atoms with Gasteiger partial charge in [-0.05, 0) is 59.7 Å². The first-order valence-corrected chi connectivity index (χ1v) is 10.8. The number of benzene rings is 2. The Morgan fingerprint density at radius 3 is 2.80 bits per heavy atom. The average Bonchev–Trinajstić information content (AvgIpc) is 3.24. The van der Waals surface area contributed by atoms with Crippen LogP contribution in [0.3, 0.4) is 0 Å². The molecule has 0 saturated carbocycles. The van der Waals surface area contributed by atoms with Crippen molar-refractivity contribution in [2.45, 2.75) is 25.5 Å². The molecule has 0 saturated heterocycles. The van der Waals surface area contributed by atoms with Gasteiger partial charge in [0, 0.05) is 13.1 Å². The first kappa shape index (κ1) is 20.2. The summed E-state index contributed by atoms with van der Waals surface area (Å²) in [7, 11) is 0. The molecule has 2 heterocycles. The van der Waals surface area contributed by atoms with Crippen molar-refractivity contribution in [1.29, 1.82) is 0 Å². The maximum Gasteiger partial charge on any atom is 0.233 e. The van der Waals surface area contributed by atoms with Crippen molar-refractivity contribution in [3.05, 3.63) is 53.6 Å². The van der Waals surface area contributed by atoms with Crippen LogP contribution in [0.4, 0.5) is 0 Å². The van der Waals surface area contributed by atoms with Gasteiger partial charge in [-0.2, -0.15) is 4.68 Å². The molecule has 0 fully saturated rings. The van der Waals surface area contributed by atoms with E-state index in [2.05, 4.69) is 15.5 Å². The number of amides is 1. The van der Waals surface area contributed by atoms with E-state index in [1.807, 2.05) is 56.3 Å². The van der Waals surface area contributed by atoms with E-state index in [0.717, 1.165) is 28.3 Å². The zero-order valence-corrected chi connectivity index (χ0v) is 17.8. The molecule has 3 aromatic rings. The van der Waals surface area contributed by atoms with Crippen LogP contribution >= 0.6 is 11.8 Å². The Morgan fingerprint density at radius 2 is 2.00 bits per heavy atom. The highest BCUT2D eigenvalue weighted by Gasteiger charge is 2.18. The lowest BCUT2D eigenvalue weighted by atomic mass is 10.2. The largest absolute Gasteiger partial charge is 0.486 e. The van der Waals surface area contributed by atoms with E-state index < -0.39 is 0 Å². The van der Waals surface area contributed by atoms with E-state index in [-0.39, 0.29) is 11.7 Å². The molecule has 1 amide bonds. The summed E-state index contributed by atoms with van der Waals surface area (Å²) in [5.74, 6) is 1.76. The minimum Gasteiger partial charge on any atom is -0.486 e. The summed E-state index contributed by atoms with van der Waals surface area (Å²) in [5, 5.41) is 12.5. The zero-order valence-electron chi connectivity index (χ0n) is 16.9. The summed E-state index contributed by atoms with van der Waals surface area (Å²) in [6.07, 6.45) is 0. The van der Waals surface area contributed by atoms with Crippen LogP contribution in [0, 0.1) is 6.92 Å². The second kappa shape index (κ2) is 9.17. The third kappa shape index (κ3) is 4.56. The third-order valence-corrected chi connectivity index (χ3v) is 5.63. The van der Waals surface area contributed by atoms with Gasteiger partial charge in [-0.25, -0.2) is 0 Å². The van der Waals surface area contributed by atoms with E-state index in [4.69, 9.17) is 9.47 Å². The first-order valence-electron chi connectivity index (χ1n) is 9.78. The van der Waals surface area contributed by atoms with Gasteiger partial charge in [0.25, 0.3) is 0 Å². The molecule has 0 bridgehead atoms. The topological polar surface area (TPSA) is 82.4 Å². The molecule has 1 aliphatic rings. The number of rotatable bonds is 7. The van der Waals surface area contributed by atoms with Gasteiger partial charge in [-0.3, -0.25) is 4.79 Å². The molecule has 30 heavy (non-hydrogen) atoms. The molecule has 2 aromatic carbocycles. The molecule has 9 heteroatoms. The predicted octanol–water partition coefficient (Wildman–Crippen LogP) is 2.88. The standard InChI is InChI=1S/C21H23N5O3S/c1-3-25(13-16-7-8-18-19(12-16)29-10-9-28-18)20(27)14-30-21-22-23-24-26(21)17-6-4-5-15(2)11-17/h4-8,11-12H,3,9-10,13-14H2,1-2H3. The summed E-state index contributed by atoms with van der Waals surface area (Å²) < 4.78 is 12.9. The molecule has 1 aliphatic heterocycles. The Morgan fingerprint density at radius 1 is 1.17 bits per heavy atom. The average molecular weight is 426 g/mol. The number of hydrogen-bond acceptors (Lipinski definition) is 7. The van der Waals surface area contributed by atoms with Gasteiger partial charge in [0.2, 0.25) is 11.1 Å². The van der Waals surface area contributed by atoms with Crippen molar-refractivity contribution in [3.8, 4) is 17.2 Å². The van der Waals surface area contributed by atoms with Gasteiger partial charge in [-0.1, -0.05) is 30.0 Å². The fraction of sp³-hybridized carbons (Fsp3) is 0.333. The lowest BCUT2D eigenvalue weighted by molar-refractivity contribution is -0.128. The van der Waals surface area contributed by atoms with Crippen LogP contribution in [0.25, 0.3) is 5.69 Å². The first-order chi connectivity index (χ1) is 14.6. The van der Waals surface area contributed by atoms with Gasteiger partial charge in [-0.15, -0.1) is 5.10 Å². The van der Waals surface area contributed by atoms with Crippen molar-refractivity contribution in [2.24, 2.45) is 0 Å². The fourth-order valence-corrected chi connectivity index (χ4v) is 3.98. The quantitative estimate of drug-likeness (QED) is 0.538. The minimum atomic E-state index is 0.0242. The number of nitrogens with zero attached hydrogens (tertiary/aromatic N) is 5. The SMILES string of the molecule is CCN(Cc1ccc2c(c1)OCCO2)C(=O)CSc1nnnn1-c1cccc(C)c1. The van der Waals surface area contributed by atoms with Crippen LogP contribution in [0.5, 0.6) is 11.5 Å². The molecule has 4 rings (SSSR count). The number of carbonyl (C=O) groups excluding carboxylic acids is 1. The summed E-state index contributed by atoms with van der Waals surface area (Å²) >= 11 is 1.33. The third-order valence-electron chi connectivity index (χ3n) is 4.73. The summed E-state index contributed by atoms with van der Waals surface area (Å²) in [5.41, 5.74) is 2.99. The second-order valence-corrected chi connectivity index (χ2v) is 7.83. The Balaban J connectivity index is 1.40. The smallest absolute Gasteiger partial charge is 0.233 e. The molecule has 1 aromatic heterocycles. The molecule has 156 valence electrons. The summed E-state index contributed by atoms with van der Waals surface area (Å²) in [4.78, 5) is 14.6. The van der Waals surface area contributed by atoms with E-state index >= 15 is 0 Å². The van der Waals surface area contributed by atoms with Crippen LogP contribution < -0.4 is 9.47 Å². The molecular formula is C21H23N5O3S. The molecule has 0 aliphatic carbocycles. The van der Waals surface area contributed by atoms with Crippen LogP contribution in [0.2, 0.25) is 0 Å². The molecule has 0 N–H and O–H groups in total. The van der Waals surface area contributed by atoms with Gasteiger partial charge >= 0.3 is 0 Å². The molecule has 0 atom stereocenters. The van der Waals surface area contributed by atoms with Crippen molar-refractivity contribution in [1.82, 2.24) is 25.1 Å². The highest BCUT2D eigenvalue weighted by molar-refractivity contribution is 7.99. The van der Waals surface area contributed by atoms with E-state index in [0.29, 0.717) is 31.5 Å². The lowest BCUT2D eigenvalue weighted by Crippen LogP contribution is -2.31. The number of thioether (sulfide) groups is 1. The molecular weight excluding hydrogens is 402 g/mol. The Bertz CT molecular complexity index is 1040. The second-order valence-electron chi connectivity index (χ2n) is 6.89. The van der Waals surface area contributed by atoms with Crippen molar-refractivity contribution in [3.63, 3.8) is 0 Å². The molecule has 0 radical (unpaired) electrons. The van der Waals surface area contributed by atoms with E-state index in [1.165, 1.54) is 11.8 Å². The van der Waals surface area contributed by atoms with Gasteiger partial charge in [0.05, 0.1) is 11.4 Å². The van der Waals surface area contributed by atoms with Crippen molar-refractivity contribution < 1.29 is 14.3 Å². The number of hydrogen-bond donors (Lipinski definition) is 0. The van der Waals surface area contributed by atoms with Crippen LogP contribution in [-0.2, 0) is 11.3 Å². The van der Waals surface area contributed by atoms with E-state index in [9.17, 15) is 4.79 Å². The predicted molar refractivity (Wildman–Crippen MR) is 113 cm³/mol. The molecule has 8 nitrogen and oxygen atoms in total. The van der Waals surface area contributed by atoms with E-state index in [1.54, 1.807) is 9.58 Å². The molecule has 0 unspecified atom stereocenters. The van der Waals surface area contributed by atoms with Gasteiger partial charge in [0.1, 0.15) is 13.2 Å². The molecule has 0 spiro atoms. The zero-order chi connectivity index (χ0) is 20.9. The Hall–Kier alpha value is -3.07. The van der Waals surface area contributed by atoms with Crippen LogP contribution in [0.1, 0.15) is 18.1 Å². The fourth-order valence-electron chi connectivity index (χ4n) is 3.19. The van der Waals surface area contributed by atoms with Crippen LogP contribution in [0.15, 0.2) is 47.6 Å². The summed E-state index contributed by atoms with van der Waals surface area (Å²) in [6, 6.07) is 13.7. The Kier molecular flexibility index (Phi) is 6.18. The normalized spacial score (nSPS) is 12.6. The number of aromatic nitrogens is 4. The maximum atomic E-state index is 12.8. The van der Waals surface area contributed by atoms with Crippen LogP contribution in [-0.4, -0.2) is 56.5 Å². The van der Waals surface area contributed by atoms with Gasteiger partial charge < -0.3 is 14.4 Å². The highest BCUT2D eigenvalue weighted by atomic mass is 32.2. The number of fused-ring (bicyclic) bond motifs is 1. The maximum absolute atomic E-state index is 12.8. The lowest BCUT2D eigenvalue weighted by Gasteiger charge is -2.23. The Labute approximate surface area is 179 Å². The van der Waals surface area contributed by atoms with Gasteiger partial charge in [0.15, 0.2) is 11.5 Å². The summed E-state index contributed by atoms with van der Waals surface area (Å²) in [6.45, 7) is 6.20. The number of tetrazole rings is 1. The number of carbonyl (C=O) groups is 1.